The summed E-state index contributed by atoms with van der Waals surface area (Å²) in [5.74, 6) is -1.24. The molecule has 0 spiro atoms. The molecule has 1 aliphatic rings. The molecule has 0 saturated carbocycles. The van der Waals surface area contributed by atoms with Crippen molar-refractivity contribution in [2.24, 2.45) is 0 Å². The van der Waals surface area contributed by atoms with Gasteiger partial charge in [0.1, 0.15) is 11.6 Å². The minimum absolute atomic E-state index is 0.00263. The average Bonchev–Trinajstić information content (AvgIpc) is 3.25. The topological polar surface area (TPSA) is 63.1 Å². The summed E-state index contributed by atoms with van der Waals surface area (Å²) in [6, 6.07) is 12.0. The Morgan fingerprint density at radius 1 is 1.10 bits per heavy atom. The lowest BCUT2D eigenvalue weighted by molar-refractivity contribution is 0.0980. The molecular formula is C21H21F2N5O. The second-order valence-electron chi connectivity index (χ2n) is 7.02. The van der Waals surface area contributed by atoms with E-state index in [1.54, 1.807) is 29.1 Å². The van der Waals surface area contributed by atoms with Gasteiger partial charge in [0.15, 0.2) is 5.69 Å². The number of amides is 1. The number of nitrogens with one attached hydrogen (secondary N) is 1. The molecular weight excluding hydrogens is 376 g/mol. The van der Waals surface area contributed by atoms with Crippen LogP contribution >= 0.6 is 0 Å². The highest BCUT2D eigenvalue weighted by Crippen LogP contribution is 2.23. The normalized spacial score (nSPS) is 14.7. The molecule has 29 heavy (non-hydrogen) atoms. The minimum atomic E-state index is -0.417. The summed E-state index contributed by atoms with van der Waals surface area (Å²) in [6.45, 7) is 1.78. The second kappa shape index (κ2) is 8.48. The lowest BCUT2D eigenvalue weighted by Crippen LogP contribution is -2.31. The van der Waals surface area contributed by atoms with Gasteiger partial charge in [0, 0.05) is 11.3 Å². The maximum Gasteiger partial charge on any atom is 0.280 e. The summed E-state index contributed by atoms with van der Waals surface area (Å²) in [5, 5.41) is 11.5. The second-order valence-corrected chi connectivity index (χ2v) is 7.02. The monoisotopic (exact) mass is 397 g/mol. The maximum atomic E-state index is 14.2. The van der Waals surface area contributed by atoms with Crippen molar-refractivity contribution < 1.29 is 13.6 Å². The summed E-state index contributed by atoms with van der Waals surface area (Å²) < 4.78 is 29.3. The average molecular weight is 397 g/mol. The Morgan fingerprint density at radius 2 is 1.83 bits per heavy atom. The van der Waals surface area contributed by atoms with Crippen molar-refractivity contribution in [3.63, 3.8) is 0 Å². The Hall–Kier alpha value is -3.13. The first-order valence-corrected chi connectivity index (χ1v) is 9.55. The van der Waals surface area contributed by atoms with Gasteiger partial charge in [-0.25, -0.2) is 13.5 Å². The molecule has 0 radical (unpaired) electrons. The van der Waals surface area contributed by atoms with Crippen molar-refractivity contribution in [3.8, 4) is 0 Å². The van der Waals surface area contributed by atoms with Gasteiger partial charge >= 0.3 is 0 Å². The van der Waals surface area contributed by atoms with E-state index in [0.29, 0.717) is 11.3 Å². The summed E-state index contributed by atoms with van der Waals surface area (Å²) >= 11 is 0. The van der Waals surface area contributed by atoms with Crippen LogP contribution in [0, 0.1) is 11.6 Å². The molecule has 8 heteroatoms. The number of rotatable bonds is 5. The molecule has 0 unspecified atom stereocenters. The fourth-order valence-electron chi connectivity index (χ4n) is 3.46. The summed E-state index contributed by atoms with van der Waals surface area (Å²) in [4.78, 5) is 14.6. The molecule has 2 aromatic carbocycles. The molecule has 1 aliphatic heterocycles. The van der Waals surface area contributed by atoms with Crippen LogP contribution < -0.4 is 10.2 Å². The number of carbonyl (C=O) groups is 1. The predicted octanol–water partition coefficient (Wildman–Crippen LogP) is 3.33. The van der Waals surface area contributed by atoms with Crippen molar-refractivity contribution in [1.82, 2.24) is 20.3 Å². The Bertz CT molecular complexity index is 983. The van der Waals surface area contributed by atoms with E-state index in [-0.39, 0.29) is 18.3 Å². The molecule has 1 saturated heterocycles. The third-order valence-electron chi connectivity index (χ3n) is 5.08. The fraction of sp³-hybridized carbons (Fsp3) is 0.286. The van der Waals surface area contributed by atoms with Crippen LogP contribution in [0.2, 0.25) is 0 Å². The maximum absolute atomic E-state index is 14.2. The Balaban J connectivity index is 1.63. The summed E-state index contributed by atoms with van der Waals surface area (Å²) in [7, 11) is 0. The van der Waals surface area contributed by atoms with Gasteiger partial charge in [-0.3, -0.25) is 4.79 Å². The Kier molecular flexibility index (Phi) is 5.62. The lowest BCUT2D eigenvalue weighted by atomic mass is 10.1. The molecule has 0 aliphatic carbocycles. The zero-order chi connectivity index (χ0) is 20.2. The molecule has 0 bridgehead atoms. The standard InChI is InChI=1S/C21H21F2N5O/c22-16-5-7-17(8-6-16)27(13-15-3-1-2-4-19(15)23)21(29)20-14-28(26-25-20)18-9-11-24-12-10-18/h1-8,14,18,24H,9-13H2. The Labute approximate surface area is 167 Å². The van der Waals surface area contributed by atoms with Crippen LogP contribution in [0.4, 0.5) is 14.5 Å². The van der Waals surface area contributed by atoms with Crippen molar-refractivity contribution in [2.75, 3.05) is 18.0 Å². The number of benzene rings is 2. The van der Waals surface area contributed by atoms with Crippen LogP contribution in [-0.2, 0) is 6.54 Å². The van der Waals surface area contributed by atoms with Crippen LogP contribution in [-0.4, -0.2) is 34.0 Å². The first kappa shape index (κ1) is 19.2. The molecule has 1 fully saturated rings. The predicted molar refractivity (Wildman–Crippen MR) is 104 cm³/mol. The number of nitrogens with zero attached hydrogens (tertiary/aromatic N) is 4. The molecule has 3 aromatic rings. The third-order valence-corrected chi connectivity index (χ3v) is 5.08. The van der Waals surface area contributed by atoms with Gasteiger partial charge < -0.3 is 10.2 Å². The Morgan fingerprint density at radius 3 is 2.55 bits per heavy atom. The van der Waals surface area contributed by atoms with Crippen LogP contribution in [0.15, 0.2) is 54.7 Å². The van der Waals surface area contributed by atoms with Crippen LogP contribution in [0.1, 0.15) is 34.9 Å². The van der Waals surface area contributed by atoms with Gasteiger partial charge in [0.2, 0.25) is 0 Å². The number of halogens is 2. The molecule has 0 atom stereocenters. The van der Waals surface area contributed by atoms with E-state index in [1.165, 1.54) is 35.2 Å². The number of carbonyl (C=O) groups excluding carboxylic acids is 1. The minimum Gasteiger partial charge on any atom is -0.317 e. The van der Waals surface area contributed by atoms with Crippen LogP contribution in [0.25, 0.3) is 0 Å². The molecule has 1 N–H and O–H groups in total. The first-order chi connectivity index (χ1) is 14.1. The fourth-order valence-corrected chi connectivity index (χ4v) is 3.46. The third kappa shape index (κ3) is 4.32. The SMILES string of the molecule is O=C(c1cn(C2CCNCC2)nn1)N(Cc1ccccc1F)c1ccc(F)cc1. The van der Waals surface area contributed by atoms with E-state index in [9.17, 15) is 13.6 Å². The van der Waals surface area contributed by atoms with Gasteiger partial charge in [-0.15, -0.1) is 5.10 Å². The summed E-state index contributed by atoms with van der Waals surface area (Å²) in [6.07, 6.45) is 3.46. The van der Waals surface area contributed by atoms with Gasteiger partial charge in [-0.1, -0.05) is 23.4 Å². The largest absolute Gasteiger partial charge is 0.317 e. The molecule has 1 aromatic heterocycles. The van der Waals surface area contributed by atoms with E-state index >= 15 is 0 Å². The van der Waals surface area contributed by atoms with Crippen molar-refractivity contribution in [2.45, 2.75) is 25.4 Å². The van der Waals surface area contributed by atoms with Crippen LogP contribution in [0.5, 0.6) is 0 Å². The van der Waals surface area contributed by atoms with E-state index < -0.39 is 17.5 Å². The van der Waals surface area contributed by atoms with E-state index in [0.717, 1.165) is 25.9 Å². The van der Waals surface area contributed by atoms with Crippen molar-refractivity contribution in [3.05, 3.63) is 77.6 Å². The van der Waals surface area contributed by atoms with E-state index in [4.69, 9.17) is 0 Å². The summed E-state index contributed by atoms with van der Waals surface area (Å²) in [5.41, 5.74) is 0.983. The van der Waals surface area contributed by atoms with Gasteiger partial charge in [0.05, 0.1) is 18.8 Å². The van der Waals surface area contributed by atoms with Gasteiger partial charge in [0.25, 0.3) is 5.91 Å². The van der Waals surface area contributed by atoms with Crippen molar-refractivity contribution >= 4 is 11.6 Å². The highest BCUT2D eigenvalue weighted by Gasteiger charge is 2.24. The van der Waals surface area contributed by atoms with E-state index in [2.05, 4.69) is 15.6 Å². The van der Waals surface area contributed by atoms with Gasteiger partial charge in [-0.05, 0) is 56.3 Å². The molecule has 150 valence electrons. The quantitative estimate of drug-likeness (QED) is 0.717. The van der Waals surface area contributed by atoms with Crippen molar-refractivity contribution in [1.29, 1.82) is 0 Å². The van der Waals surface area contributed by atoms with Gasteiger partial charge in [-0.2, -0.15) is 0 Å². The molecule has 4 rings (SSSR count). The highest BCUT2D eigenvalue weighted by atomic mass is 19.1. The van der Waals surface area contributed by atoms with Crippen LogP contribution in [0.3, 0.4) is 0 Å². The number of aromatic nitrogens is 3. The number of piperidine rings is 1. The molecule has 2 heterocycles. The number of hydrogen-bond donors (Lipinski definition) is 1. The zero-order valence-corrected chi connectivity index (χ0v) is 15.8. The smallest absolute Gasteiger partial charge is 0.280 e. The van der Waals surface area contributed by atoms with E-state index in [1.807, 2.05) is 0 Å². The highest BCUT2D eigenvalue weighted by molar-refractivity contribution is 6.04. The zero-order valence-electron chi connectivity index (χ0n) is 15.8. The molecule has 1 amide bonds. The first-order valence-electron chi connectivity index (χ1n) is 9.55. The lowest BCUT2D eigenvalue weighted by Gasteiger charge is -2.23. The number of anilines is 1. The molecule has 6 nitrogen and oxygen atoms in total. The number of hydrogen-bond acceptors (Lipinski definition) is 4.